The number of aromatic nitrogens is 2. The average Bonchev–Trinajstić information content (AvgIpc) is 3.42. The van der Waals surface area contributed by atoms with Gasteiger partial charge in [-0.15, -0.1) is 13.2 Å². The molecule has 0 saturated heterocycles. The molecule has 8 nitrogen and oxygen atoms in total. The number of carbonyl (C=O) groups is 1. The summed E-state index contributed by atoms with van der Waals surface area (Å²) in [6, 6.07) is 15.9. The number of aliphatic carboxylic acids is 1. The largest absolute Gasteiger partial charge is 1.00 e. The molecule has 5 aromatic rings. The van der Waals surface area contributed by atoms with E-state index in [2.05, 4.69) is 9.89 Å². The fourth-order valence-corrected chi connectivity index (χ4v) is 4.61. The monoisotopic (exact) mass is 562 g/mol. The summed E-state index contributed by atoms with van der Waals surface area (Å²) in [5.74, 6) is -0.910. The second-order valence-electron chi connectivity index (χ2n) is 8.75. The van der Waals surface area contributed by atoms with Gasteiger partial charge in [-0.3, -0.25) is 0 Å². The molecule has 0 aliphatic carbocycles. The Bertz CT molecular complexity index is 1700. The van der Waals surface area contributed by atoms with E-state index in [-0.39, 0.29) is 41.7 Å². The zero-order chi connectivity index (χ0) is 27.9. The number of carbonyl (C=O) groups excluding carboxylic acids is 1. The summed E-state index contributed by atoms with van der Waals surface area (Å²) >= 11 is 0. The Morgan fingerprint density at radius 2 is 1.77 bits per heavy atom. The minimum atomic E-state index is -4.88. The van der Waals surface area contributed by atoms with Crippen molar-refractivity contribution in [2.75, 3.05) is 7.11 Å². The summed E-state index contributed by atoms with van der Waals surface area (Å²) in [5, 5.41) is 16.9. The molecular weight excluding hydrogens is 540 g/mol. The van der Waals surface area contributed by atoms with Gasteiger partial charge < -0.3 is 33.2 Å². The van der Waals surface area contributed by atoms with Gasteiger partial charge in [0.25, 0.3) is 0 Å². The SMILES string of the molecule is CC[C@H](Oc1cccc(-n2c(C)c(-c3noc4cc(OC)ccc34)c3ccc(OC(F)(F)F)cc32)c1)C(=O)[O-].[Na+]. The van der Waals surface area contributed by atoms with Crippen molar-refractivity contribution in [2.45, 2.75) is 32.7 Å². The number of fused-ring (bicyclic) bond motifs is 2. The molecule has 1 atom stereocenters. The van der Waals surface area contributed by atoms with Gasteiger partial charge in [0.05, 0.1) is 24.0 Å². The summed E-state index contributed by atoms with van der Waals surface area (Å²) in [5.41, 5.74) is 3.18. The number of carboxylic acid groups (broad SMARTS) is 1. The molecule has 3 aromatic carbocycles. The number of ether oxygens (including phenoxy) is 3. The first-order valence-corrected chi connectivity index (χ1v) is 11.9. The molecule has 2 heterocycles. The van der Waals surface area contributed by atoms with Gasteiger partial charge in [0.1, 0.15) is 29.0 Å². The first-order valence-electron chi connectivity index (χ1n) is 11.9. The van der Waals surface area contributed by atoms with Gasteiger partial charge in [0.15, 0.2) is 5.58 Å². The number of carboxylic acids is 1. The van der Waals surface area contributed by atoms with Crippen LogP contribution in [0.3, 0.4) is 0 Å². The molecule has 0 fully saturated rings. The fraction of sp³-hybridized carbons (Fsp3) is 0.214. The van der Waals surface area contributed by atoms with E-state index in [4.69, 9.17) is 14.0 Å². The molecule has 0 aliphatic heterocycles. The van der Waals surface area contributed by atoms with Crippen molar-refractivity contribution in [3.8, 4) is 34.2 Å². The fourth-order valence-electron chi connectivity index (χ4n) is 4.61. The van der Waals surface area contributed by atoms with Crippen LogP contribution in [0.2, 0.25) is 0 Å². The minimum Gasteiger partial charge on any atom is -0.546 e. The smallest absolute Gasteiger partial charge is 0.546 e. The normalized spacial score (nSPS) is 12.2. The topological polar surface area (TPSA) is 98.8 Å². The summed E-state index contributed by atoms with van der Waals surface area (Å²) in [6.07, 6.45) is -5.86. The average molecular weight is 562 g/mol. The number of hydrogen-bond donors (Lipinski definition) is 0. The van der Waals surface area contributed by atoms with Gasteiger partial charge in [0.2, 0.25) is 0 Å². The standard InChI is InChI=1S/C28H23F3N2O6.Na/c1-4-23(27(34)35)37-18-7-5-6-16(12-18)33-15(2)25(20-10-9-19(13-22(20)33)38-28(29,30)31)26-21-11-8-17(36-3)14-24(21)39-32-26;/h5-14,23H,4H2,1-3H3,(H,34,35);/q;+1/p-1/t23-;/m0./s1. The van der Waals surface area contributed by atoms with Crippen LogP contribution in [-0.4, -0.2) is 35.3 Å². The van der Waals surface area contributed by atoms with Crippen LogP contribution in [-0.2, 0) is 4.79 Å². The summed E-state index contributed by atoms with van der Waals surface area (Å²) < 4.78 is 61.5. The second-order valence-corrected chi connectivity index (χ2v) is 8.75. The first-order chi connectivity index (χ1) is 18.6. The Morgan fingerprint density at radius 3 is 2.45 bits per heavy atom. The third-order valence-electron chi connectivity index (χ3n) is 6.31. The molecule has 12 heteroatoms. The van der Waals surface area contributed by atoms with Crippen molar-refractivity contribution in [3.05, 3.63) is 66.4 Å². The predicted molar refractivity (Wildman–Crippen MR) is 134 cm³/mol. The number of methoxy groups -OCH3 is 1. The molecular formula is C28H22F3N2NaO6. The van der Waals surface area contributed by atoms with Crippen molar-refractivity contribution in [3.63, 3.8) is 0 Å². The van der Waals surface area contributed by atoms with Crippen molar-refractivity contribution < 1.29 is 71.4 Å². The number of alkyl halides is 3. The summed E-state index contributed by atoms with van der Waals surface area (Å²) in [6.45, 7) is 3.45. The number of halogens is 3. The van der Waals surface area contributed by atoms with E-state index < -0.39 is 24.2 Å². The zero-order valence-electron chi connectivity index (χ0n) is 22.0. The van der Waals surface area contributed by atoms with Crippen molar-refractivity contribution >= 4 is 27.8 Å². The molecule has 2 aromatic heterocycles. The van der Waals surface area contributed by atoms with Crippen LogP contribution < -0.4 is 48.9 Å². The van der Waals surface area contributed by atoms with E-state index >= 15 is 0 Å². The Labute approximate surface area is 248 Å². The van der Waals surface area contributed by atoms with Gasteiger partial charge in [-0.1, -0.05) is 18.1 Å². The van der Waals surface area contributed by atoms with Crippen LogP contribution in [0.1, 0.15) is 19.0 Å². The van der Waals surface area contributed by atoms with Crippen LogP contribution in [0, 0.1) is 6.92 Å². The van der Waals surface area contributed by atoms with E-state index in [1.165, 1.54) is 25.3 Å². The molecule has 0 bridgehead atoms. The Morgan fingerprint density at radius 1 is 1.05 bits per heavy atom. The van der Waals surface area contributed by atoms with Gasteiger partial charge in [-0.2, -0.15) is 0 Å². The van der Waals surface area contributed by atoms with Crippen LogP contribution in [0.25, 0.3) is 38.8 Å². The van der Waals surface area contributed by atoms with Crippen LogP contribution in [0.15, 0.2) is 65.2 Å². The van der Waals surface area contributed by atoms with Crippen LogP contribution in [0.5, 0.6) is 17.2 Å². The molecule has 0 unspecified atom stereocenters. The molecule has 0 spiro atoms. The van der Waals surface area contributed by atoms with Crippen molar-refractivity contribution in [2.24, 2.45) is 0 Å². The molecule has 0 aliphatic rings. The van der Waals surface area contributed by atoms with E-state index in [1.807, 2.05) is 0 Å². The van der Waals surface area contributed by atoms with E-state index in [1.54, 1.807) is 60.9 Å². The summed E-state index contributed by atoms with van der Waals surface area (Å²) in [7, 11) is 1.53. The predicted octanol–water partition coefficient (Wildman–Crippen LogP) is 2.57. The second kappa shape index (κ2) is 11.4. The maximum absolute atomic E-state index is 13.1. The minimum absolute atomic E-state index is 0. The van der Waals surface area contributed by atoms with E-state index in [0.29, 0.717) is 50.3 Å². The first kappa shape index (κ1) is 29.3. The van der Waals surface area contributed by atoms with E-state index in [0.717, 1.165) is 0 Å². The number of hydrogen-bond acceptors (Lipinski definition) is 7. The Hall–Kier alpha value is -3.67. The maximum atomic E-state index is 13.1. The van der Waals surface area contributed by atoms with Gasteiger partial charge in [-0.05, 0) is 49.7 Å². The van der Waals surface area contributed by atoms with Gasteiger partial charge in [0, 0.05) is 40.5 Å². The van der Waals surface area contributed by atoms with Crippen LogP contribution in [0.4, 0.5) is 13.2 Å². The molecule has 0 amide bonds. The molecule has 0 saturated carbocycles. The summed E-state index contributed by atoms with van der Waals surface area (Å²) in [4.78, 5) is 11.4. The number of benzene rings is 3. The molecule has 0 N–H and O–H groups in total. The van der Waals surface area contributed by atoms with E-state index in [9.17, 15) is 23.1 Å². The molecule has 5 rings (SSSR count). The molecule has 0 radical (unpaired) electrons. The quantitative estimate of drug-likeness (QED) is 0.268. The number of rotatable bonds is 8. The van der Waals surface area contributed by atoms with Crippen LogP contribution >= 0.6 is 0 Å². The molecule has 202 valence electrons. The number of nitrogens with zero attached hydrogens (tertiary/aromatic N) is 2. The Kier molecular flexibility index (Phi) is 8.38. The van der Waals surface area contributed by atoms with Gasteiger partial charge in [-0.25, -0.2) is 0 Å². The third-order valence-corrected chi connectivity index (χ3v) is 6.31. The van der Waals surface area contributed by atoms with Crippen molar-refractivity contribution in [1.29, 1.82) is 0 Å². The zero-order valence-corrected chi connectivity index (χ0v) is 24.0. The van der Waals surface area contributed by atoms with Gasteiger partial charge >= 0.3 is 35.9 Å². The Balaban J connectivity index is 0.00000370. The third kappa shape index (κ3) is 5.63. The molecule has 40 heavy (non-hydrogen) atoms. The maximum Gasteiger partial charge on any atom is 1.00 e. The van der Waals surface area contributed by atoms with Crippen molar-refractivity contribution in [1.82, 2.24) is 9.72 Å².